The molecular weight excluding hydrogens is 367 g/mol. The number of nitrogens with one attached hydrogen (secondary N) is 1. The van der Waals surface area contributed by atoms with Crippen LogP contribution in [0.2, 0.25) is 10.0 Å². The van der Waals surface area contributed by atoms with Crippen molar-refractivity contribution in [2.75, 3.05) is 51.1 Å². The number of rotatable bonds is 5. The first-order valence-electron chi connectivity index (χ1n) is 8.11. The molecule has 3 rings (SSSR count). The average molecular weight is 387 g/mol. The topological polar surface area (TPSA) is 76.1 Å². The van der Waals surface area contributed by atoms with Crippen LogP contribution in [0.25, 0.3) is 0 Å². The van der Waals surface area contributed by atoms with Crippen LogP contribution in [0.15, 0.2) is 12.1 Å². The number of phenols is 1. The van der Waals surface area contributed by atoms with Crippen LogP contribution in [0.3, 0.4) is 0 Å². The summed E-state index contributed by atoms with van der Waals surface area (Å²) in [4.78, 5) is 28.8. The molecule has 0 spiro atoms. The minimum atomic E-state index is -0.0447. The Bertz CT molecular complexity index is 659. The Morgan fingerprint density at radius 1 is 1.20 bits per heavy atom. The van der Waals surface area contributed by atoms with Gasteiger partial charge in [-0.1, -0.05) is 23.2 Å². The van der Waals surface area contributed by atoms with Crippen molar-refractivity contribution in [3.8, 4) is 5.75 Å². The molecule has 7 nitrogen and oxygen atoms in total. The summed E-state index contributed by atoms with van der Waals surface area (Å²) in [5.74, 6) is -0.0787. The molecule has 0 radical (unpaired) electrons. The van der Waals surface area contributed by atoms with Gasteiger partial charge in [-0.05, 0) is 6.07 Å². The summed E-state index contributed by atoms with van der Waals surface area (Å²) in [5.41, 5.74) is 0.379. The number of piperazine rings is 1. The van der Waals surface area contributed by atoms with Crippen molar-refractivity contribution in [2.24, 2.45) is 0 Å². The van der Waals surface area contributed by atoms with E-state index in [1.807, 2.05) is 0 Å². The molecule has 0 aromatic heterocycles. The van der Waals surface area contributed by atoms with Crippen LogP contribution in [-0.2, 0) is 9.59 Å². The molecule has 2 aliphatic heterocycles. The smallest absolute Gasteiger partial charge is 0.241 e. The molecule has 25 heavy (non-hydrogen) atoms. The highest BCUT2D eigenvalue weighted by Gasteiger charge is 2.33. The van der Waals surface area contributed by atoms with E-state index in [0.717, 1.165) is 32.6 Å². The van der Waals surface area contributed by atoms with E-state index in [1.54, 1.807) is 9.80 Å². The number of carbonyl (C=O) groups is 2. The van der Waals surface area contributed by atoms with Gasteiger partial charge in [0.1, 0.15) is 5.75 Å². The third-order valence-electron chi connectivity index (χ3n) is 4.69. The predicted molar refractivity (Wildman–Crippen MR) is 96.2 cm³/mol. The molecule has 2 fully saturated rings. The number of nitrogens with zero attached hydrogens (tertiary/aromatic N) is 3. The molecule has 2 amide bonds. The number of amides is 2. The van der Waals surface area contributed by atoms with Crippen molar-refractivity contribution < 1.29 is 14.7 Å². The van der Waals surface area contributed by atoms with E-state index < -0.39 is 0 Å². The maximum absolute atomic E-state index is 12.3. The molecule has 2 N–H and O–H groups in total. The van der Waals surface area contributed by atoms with Crippen molar-refractivity contribution in [1.82, 2.24) is 14.7 Å². The highest BCUT2D eigenvalue weighted by Crippen LogP contribution is 2.33. The van der Waals surface area contributed by atoms with Gasteiger partial charge in [-0.3, -0.25) is 14.5 Å². The van der Waals surface area contributed by atoms with Crippen molar-refractivity contribution >= 4 is 41.2 Å². The van der Waals surface area contributed by atoms with Gasteiger partial charge in [0.05, 0.1) is 22.3 Å². The van der Waals surface area contributed by atoms with Gasteiger partial charge < -0.3 is 20.2 Å². The number of anilines is 1. The maximum atomic E-state index is 12.3. The molecule has 1 aromatic rings. The van der Waals surface area contributed by atoms with Gasteiger partial charge in [0.2, 0.25) is 12.3 Å². The van der Waals surface area contributed by atoms with E-state index in [1.165, 1.54) is 12.1 Å². The summed E-state index contributed by atoms with van der Waals surface area (Å²) in [7, 11) is 0. The minimum absolute atomic E-state index is 0.0340. The summed E-state index contributed by atoms with van der Waals surface area (Å²) in [6, 6.07) is 3.25. The zero-order chi connectivity index (χ0) is 18.0. The second-order valence-electron chi connectivity index (χ2n) is 6.27. The zero-order valence-electron chi connectivity index (χ0n) is 13.6. The average Bonchev–Trinajstić information content (AvgIpc) is 2.56. The van der Waals surface area contributed by atoms with E-state index in [4.69, 9.17) is 23.2 Å². The number of carbonyl (C=O) groups excluding carboxylic acids is 2. The molecule has 9 heteroatoms. The third-order valence-corrected chi connectivity index (χ3v) is 5.41. The van der Waals surface area contributed by atoms with Crippen molar-refractivity contribution in [3.05, 3.63) is 22.2 Å². The SMILES string of the molecule is O=CN1CC(N2CCN(C(=O)CNc3cc(Cl)c(Cl)cc3O)CC2)C1. The summed E-state index contributed by atoms with van der Waals surface area (Å²) in [5, 5.41) is 13.3. The van der Waals surface area contributed by atoms with Crippen molar-refractivity contribution in [3.63, 3.8) is 0 Å². The fourth-order valence-corrected chi connectivity index (χ4v) is 3.42. The fourth-order valence-electron chi connectivity index (χ4n) is 3.10. The van der Waals surface area contributed by atoms with E-state index in [-0.39, 0.29) is 23.2 Å². The van der Waals surface area contributed by atoms with Crippen LogP contribution in [0.4, 0.5) is 5.69 Å². The van der Waals surface area contributed by atoms with Gasteiger partial charge in [0.15, 0.2) is 0 Å². The molecule has 0 unspecified atom stereocenters. The number of benzene rings is 1. The second-order valence-corrected chi connectivity index (χ2v) is 7.08. The van der Waals surface area contributed by atoms with Crippen LogP contribution < -0.4 is 5.32 Å². The first-order valence-corrected chi connectivity index (χ1v) is 8.86. The highest BCUT2D eigenvalue weighted by molar-refractivity contribution is 6.42. The summed E-state index contributed by atoms with van der Waals surface area (Å²) in [6.45, 7) is 4.55. The number of hydrogen-bond donors (Lipinski definition) is 2. The lowest BCUT2D eigenvalue weighted by Gasteiger charge is -2.46. The van der Waals surface area contributed by atoms with Gasteiger partial charge >= 0.3 is 0 Å². The number of phenolic OH excluding ortho intramolecular Hbond substituents is 1. The van der Waals surface area contributed by atoms with Crippen LogP contribution in [0, 0.1) is 0 Å². The van der Waals surface area contributed by atoms with E-state index in [0.29, 0.717) is 29.8 Å². The largest absolute Gasteiger partial charge is 0.506 e. The molecule has 136 valence electrons. The predicted octanol–water partition coefficient (Wildman–Crippen LogP) is 1.10. The first kappa shape index (κ1) is 18.1. The standard InChI is InChI=1S/C16H20Cl2N4O3/c17-12-5-14(15(24)6-13(12)18)19-7-16(25)22-3-1-21(2-4-22)11-8-20(9-11)10-23/h5-6,10-11,19,24H,1-4,7-9H2. The van der Waals surface area contributed by atoms with Crippen LogP contribution >= 0.6 is 23.2 Å². The summed E-state index contributed by atoms with van der Waals surface area (Å²) in [6.07, 6.45) is 0.875. The third kappa shape index (κ3) is 4.11. The van der Waals surface area contributed by atoms with E-state index in [2.05, 4.69) is 10.2 Å². The molecule has 0 bridgehead atoms. The lowest BCUT2D eigenvalue weighted by molar-refractivity contribution is -0.132. The first-order chi connectivity index (χ1) is 12.0. The molecule has 2 saturated heterocycles. The lowest BCUT2D eigenvalue weighted by Crippen LogP contribution is -2.63. The summed E-state index contributed by atoms with van der Waals surface area (Å²) >= 11 is 11.7. The van der Waals surface area contributed by atoms with Gasteiger partial charge in [-0.15, -0.1) is 0 Å². The van der Waals surface area contributed by atoms with Crippen molar-refractivity contribution in [1.29, 1.82) is 0 Å². The number of likely N-dealkylation sites (tertiary alicyclic amines) is 1. The maximum Gasteiger partial charge on any atom is 0.241 e. The Balaban J connectivity index is 1.45. The fraction of sp³-hybridized carbons (Fsp3) is 0.500. The number of halogens is 2. The Labute approximate surface area is 156 Å². The van der Waals surface area contributed by atoms with E-state index >= 15 is 0 Å². The molecule has 0 aliphatic carbocycles. The number of aromatic hydroxyl groups is 1. The van der Waals surface area contributed by atoms with Gasteiger partial charge in [-0.25, -0.2) is 0 Å². The highest BCUT2D eigenvalue weighted by atomic mass is 35.5. The normalized spacial score (nSPS) is 18.8. The molecule has 0 saturated carbocycles. The Kier molecular flexibility index (Phi) is 5.56. The molecule has 2 heterocycles. The molecule has 1 aromatic carbocycles. The zero-order valence-corrected chi connectivity index (χ0v) is 15.1. The van der Waals surface area contributed by atoms with Gasteiger partial charge in [0, 0.05) is 51.4 Å². The van der Waals surface area contributed by atoms with Gasteiger partial charge in [0.25, 0.3) is 0 Å². The van der Waals surface area contributed by atoms with Crippen LogP contribution in [0.1, 0.15) is 0 Å². The quantitative estimate of drug-likeness (QED) is 0.585. The van der Waals surface area contributed by atoms with Gasteiger partial charge in [-0.2, -0.15) is 0 Å². The monoisotopic (exact) mass is 386 g/mol. The summed E-state index contributed by atoms with van der Waals surface area (Å²) < 4.78 is 0. The number of hydrogen-bond acceptors (Lipinski definition) is 5. The molecular formula is C16H20Cl2N4O3. The Hall–Kier alpha value is -1.70. The van der Waals surface area contributed by atoms with E-state index in [9.17, 15) is 14.7 Å². The van der Waals surface area contributed by atoms with Crippen molar-refractivity contribution in [2.45, 2.75) is 6.04 Å². The second kappa shape index (κ2) is 7.68. The Morgan fingerprint density at radius 3 is 2.48 bits per heavy atom. The molecule has 2 aliphatic rings. The molecule has 0 atom stereocenters. The minimum Gasteiger partial charge on any atom is -0.506 e. The Morgan fingerprint density at radius 2 is 1.84 bits per heavy atom. The van der Waals surface area contributed by atoms with Crippen LogP contribution in [-0.4, -0.2) is 84.0 Å². The van der Waals surface area contributed by atoms with Crippen LogP contribution in [0.5, 0.6) is 5.75 Å². The lowest BCUT2D eigenvalue weighted by atomic mass is 10.1.